The van der Waals surface area contributed by atoms with Crippen LogP contribution >= 0.6 is 0 Å². The molecule has 0 atom stereocenters. The van der Waals surface area contributed by atoms with Gasteiger partial charge in [-0.15, -0.1) is 0 Å². The van der Waals surface area contributed by atoms with Crippen LogP contribution in [-0.4, -0.2) is 5.91 Å². The Morgan fingerprint density at radius 3 is 2.39 bits per heavy atom. The minimum absolute atomic E-state index is 0.428. The lowest BCUT2D eigenvalue weighted by molar-refractivity contribution is 0.100. The maximum Gasteiger partial charge on any atom is 0.249 e. The Bertz CT molecular complexity index is 778. The number of amides is 1. The maximum absolute atomic E-state index is 11.7. The molecule has 0 heterocycles. The van der Waals surface area contributed by atoms with Gasteiger partial charge in [0.1, 0.15) is 0 Å². The van der Waals surface area contributed by atoms with Gasteiger partial charge in [0.2, 0.25) is 5.91 Å². The molecule has 1 amide bonds. The van der Waals surface area contributed by atoms with Crippen molar-refractivity contribution in [1.82, 2.24) is 0 Å². The van der Waals surface area contributed by atoms with Crippen LogP contribution in [0.4, 0.5) is 5.69 Å². The van der Waals surface area contributed by atoms with Crippen LogP contribution in [0.3, 0.4) is 0 Å². The largest absolute Gasteiger partial charge is 0.398 e. The van der Waals surface area contributed by atoms with Crippen molar-refractivity contribution in [1.29, 1.82) is 0 Å². The van der Waals surface area contributed by atoms with Gasteiger partial charge in [-0.25, -0.2) is 0 Å². The minimum Gasteiger partial charge on any atom is -0.398 e. The van der Waals surface area contributed by atoms with Crippen molar-refractivity contribution in [2.75, 3.05) is 5.73 Å². The highest BCUT2D eigenvalue weighted by Gasteiger charge is 2.12. The third-order valence-corrected chi connectivity index (χ3v) is 3.19. The number of benzene rings is 3. The van der Waals surface area contributed by atoms with Crippen LogP contribution in [0.2, 0.25) is 0 Å². The van der Waals surface area contributed by atoms with E-state index in [1.165, 1.54) is 0 Å². The lowest BCUT2D eigenvalue weighted by Gasteiger charge is -2.10. The van der Waals surface area contributed by atoms with Crippen molar-refractivity contribution >= 4 is 33.1 Å². The SMILES string of the molecule is NC(=O)c1c2ccccc2cc2c(N)cccc12. The molecular weight excluding hydrogens is 224 g/mol. The second kappa shape index (κ2) is 3.74. The van der Waals surface area contributed by atoms with E-state index in [-0.39, 0.29) is 0 Å². The Morgan fingerprint density at radius 2 is 1.61 bits per heavy atom. The number of fused-ring (bicyclic) bond motifs is 2. The second-order valence-electron chi connectivity index (χ2n) is 4.28. The van der Waals surface area contributed by atoms with Gasteiger partial charge in [-0.1, -0.05) is 36.4 Å². The molecule has 0 bridgehead atoms. The first-order valence-corrected chi connectivity index (χ1v) is 5.68. The van der Waals surface area contributed by atoms with Gasteiger partial charge in [-0.3, -0.25) is 4.79 Å². The minimum atomic E-state index is -0.428. The Hall–Kier alpha value is -2.55. The van der Waals surface area contributed by atoms with E-state index in [9.17, 15) is 4.79 Å². The number of carbonyl (C=O) groups is 1. The summed E-state index contributed by atoms with van der Waals surface area (Å²) in [6.07, 6.45) is 0. The molecule has 88 valence electrons. The Labute approximate surface area is 104 Å². The average molecular weight is 236 g/mol. The van der Waals surface area contributed by atoms with E-state index < -0.39 is 5.91 Å². The molecule has 3 nitrogen and oxygen atoms in total. The van der Waals surface area contributed by atoms with E-state index in [0.29, 0.717) is 11.3 Å². The van der Waals surface area contributed by atoms with E-state index in [4.69, 9.17) is 11.5 Å². The molecule has 3 heteroatoms. The molecule has 0 saturated carbocycles. The lowest BCUT2D eigenvalue weighted by atomic mass is 9.95. The zero-order valence-electron chi connectivity index (χ0n) is 9.68. The standard InChI is InChI=1S/C15H12N2O/c16-13-7-3-6-11-12(13)8-9-4-1-2-5-10(9)14(11)15(17)18/h1-8H,16H2,(H2,17,18). The van der Waals surface area contributed by atoms with Crippen LogP contribution in [0.5, 0.6) is 0 Å². The number of anilines is 1. The molecular formula is C15H12N2O. The molecule has 3 aromatic rings. The molecule has 0 fully saturated rings. The first-order valence-electron chi connectivity index (χ1n) is 5.68. The fraction of sp³-hybridized carbons (Fsp3) is 0. The highest BCUT2D eigenvalue weighted by Crippen LogP contribution is 2.31. The third kappa shape index (κ3) is 1.41. The van der Waals surface area contributed by atoms with Crippen LogP contribution in [0.25, 0.3) is 21.5 Å². The first-order chi connectivity index (χ1) is 8.68. The number of nitrogen functional groups attached to an aromatic ring is 1. The second-order valence-corrected chi connectivity index (χ2v) is 4.28. The fourth-order valence-electron chi connectivity index (χ4n) is 2.38. The molecule has 0 unspecified atom stereocenters. The summed E-state index contributed by atoms with van der Waals surface area (Å²) in [4.78, 5) is 11.7. The van der Waals surface area contributed by atoms with Gasteiger partial charge >= 0.3 is 0 Å². The molecule has 0 aliphatic rings. The number of nitrogens with two attached hydrogens (primary N) is 2. The molecule has 0 saturated heterocycles. The highest BCUT2D eigenvalue weighted by molar-refractivity contribution is 6.19. The average Bonchev–Trinajstić information content (AvgIpc) is 2.36. The number of carbonyl (C=O) groups excluding carboxylic acids is 1. The smallest absolute Gasteiger partial charge is 0.249 e. The lowest BCUT2D eigenvalue weighted by Crippen LogP contribution is -2.12. The molecule has 0 aromatic heterocycles. The van der Waals surface area contributed by atoms with E-state index in [1.54, 1.807) is 0 Å². The summed E-state index contributed by atoms with van der Waals surface area (Å²) >= 11 is 0. The van der Waals surface area contributed by atoms with Crippen molar-refractivity contribution in [2.24, 2.45) is 5.73 Å². The van der Waals surface area contributed by atoms with Crippen molar-refractivity contribution in [3.8, 4) is 0 Å². The van der Waals surface area contributed by atoms with Gasteiger partial charge in [-0.2, -0.15) is 0 Å². The summed E-state index contributed by atoms with van der Waals surface area (Å²) in [6.45, 7) is 0. The van der Waals surface area contributed by atoms with Crippen molar-refractivity contribution in [3.05, 3.63) is 54.1 Å². The Morgan fingerprint density at radius 1 is 0.889 bits per heavy atom. The normalized spacial score (nSPS) is 10.9. The van der Waals surface area contributed by atoms with Gasteiger partial charge in [0.15, 0.2) is 0 Å². The maximum atomic E-state index is 11.7. The summed E-state index contributed by atoms with van der Waals surface area (Å²) in [5, 5.41) is 3.51. The van der Waals surface area contributed by atoms with Gasteiger partial charge in [-0.05, 0) is 28.3 Å². The quantitative estimate of drug-likeness (QED) is 0.503. The van der Waals surface area contributed by atoms with E-state index >= 15 is 0 Å². The zero-order valence-corrected chi connectivity index (χ0v) is 9.68. The third-order valence-electron chi connectivity index (χ3n) is 3.19. The summed E-state index contributed by atoms with van der Waals surface area (Å²) in [5.74, 6) is -0.428. The monoisotopic (exact) mass is 236 g/mol. The summed E-state index contributed by atoms with van der Waals surface area (Å²) in [5.41, 5.74) is 12.7. The van der Waals surface area contributed by atoms with Gasteiger partial charge in [0.25, 0.3) is 0 Å². The number of primary amides is 1. The topological polar surface area (TPSA) is 69.1 Å². The first kappa shape index (κ1) is 10.6. The molecule has 0 radical (unpaired) electrons. The number of hydrogen-bond acceptors (Lipinski definition) is 2. The Kier molecular flexibility index (Phi) is 2.20. The molecule has 0 spiro atoms. The van der Waals surface area contributed by atoms with E-state index in [1.807, 2.05) is 48.5 Å². The van der Waals surface area contributed by atoms with E-state index in [2.05, 4.69) is 0 Å². The predicted octanol–water partition coefficient (Wildman–Crippen LogP) is 2.67. The fourth-order valence-corrected chi connectivity index (χ4v) is 2.38. The van der Waals surface area contributed by atoms with Crippen LogP contribution in [0.15, 0.2) is 48.5 Å². The molecule has 3 rings (SSSR count). The Balaban J connectivity index is 2.63. The molecule has 0 aliphatic heterocycles. The van der Waals surface area contributed by atoms with Crippen LogP contribution < -0.4 is 11.5 Å². The summed E-state index contributed by atoms with van der Waals surface area (Å²) in [6, 6.07) is 15.2. The van der Waals surface area contributed by atoms with Crippen LogP contribution in [-0.2, 0) is 0 Å². The van der Waals surface area contributed by atoms with Gasteiger partial charge in [0.05, 0.1) is 5.56 Å². The number of rotatable bonds is 1. The van der Waals surface area contributed by atoms with Crippen LogP contribution in [0.1, 0.15) is 10.4 Å². The van der Waals surface area contributed by atoms with E-state index in [0.717, 1.165) is 21.5 Å². The van der Waals surface area contributed by atoms with Crippen molar-refractivity contribution in [2.45, 2.75) is 0 Å². The molecule has 3 aromatic carbocycles. The van der Waals surface area contributed by atoms with Gasteiger partial charge in [0, 0.05) is 11.1 Å². The molecule has 18 heavy (non-hydrogen) atoms. The predicted molar refractivity (Wildman–Crippen MR) is 74.4 cm³/mol. The van der Waals surface area contributed by atoms with Crippen molar-refractivity contribution < 1.29 is 4.79 Å². The zero-order chi connectivity index (χ0) is 12.7. The summed E-state index contributed by atoms with van der Waals surface area (Å²) in [7, 11) is 0. The highest BCUT2D eigenvalue weighted by atomic mass is 16.1. The molecule has 0 aliphatic carbocycles. The summed E-state index contributed by atoms with van der Waals surface area (Å²) < 4.78 is 0. The van der Waals surface area contributed by atoms with Crippen LogP contribution in [0, 0.1) is 0 Å². The van der Waals surface area contributed by atoms with Gasteiger partial charge < -0.3 is 11.5 Å². The number of hydrogen-bond donors (Lipinski definition) is 2. The van der Waals surface area contributed by atoms with Crippen molar-refractivity contribution in [3.63, 3.8) is 0 Å². The molecule has 4 N–H and O–H groups in total.